The number of carbonyl (C=O) groups excluding carboxylic acids is 1. The normalized spacial score (nSPS) is 12.2. The SMILES string of the molecule is CCc1ccc([C@H](C)NC(=O)CN(c2ccc(Br)cc2)S(=O)(=O)c2ccccc2)cc1. The molecule has 31 heavy (non-hydrogen) atoms. The largest absolute Gasteiger partial charge is 0.348 e. The number of amides is 1. The second-order valence-corrected chi connectivity index (χ2v) is 9.96. The first-order valence-corrected chi connectivity index (χ1v) is 12.3. The van der Waals surface area contributed by atoms with Crippen LogP contribution in [0, 0.1) is 0 Å². The summed E-state index contributed by atoms with van der Waals surface area (Å²) in [5.74, 6) is -0.380. The number of benzene rings is 3. The number of carbonyl (C=O) groups is 1. The number of sulfonamides is 1. The average Bonchev–Trinajstić information content (AvgIpc) is 2.78. The van der Waals surface area contributed by atoms with Gasteiger partial charge >= 0.3 is 0 Å². The first-order chi connectivity index (χ1) is 14.8. The fourth-order valence-corrected chi connectivity index (χ4v) is 4.89. The van der Waals surface area contributed by atoms with Crippen molar-refractivity contribution in [2.45, 2.75) is 31.2 Å². The van der Waals surface area contributed by atoms with Crippen molar-refractivity contribution in [2.75, 3.05) is 10.8 Å². The molecule has 1 atom stereocenters. The van der Waals surface area contributed by atoms with Crippen LogP contribution in [0.1, 0.15) is 31.0 Å². The van der Waals surface area contributed by atoms with Crippen LogP contribution in [0.5, 0.6) is 0 Å². The van der Waals surface area contributed by atoms with E-state index in [4.69, 9.17) is 0 Å². The predicted molar refractivity (Wildman–Crippen MR) is 127 cm³/mol. The van der Waals surface area contributed by atoms with Gasteiger partial charge in [0.2, 0.25) is 5.91 Å². The zero-order chi connectivity index (χ0) is 22.4. The van der Waals surface area contributed by atoms with Gasteiger partial charge in [-0.25, -0.2) is 8.42 Å². The van der Waals surface area contributed by atoms with E-state index in [0.717, 1.165) is 20.8 Å². The highest BCUT2D eigenvalue weighted by Gasteiger charge is 2.27. The highest BCUT2D eigenvalue weighted by atomic mass is 79.9. The third kappa shape index (κ3) is 5.74. The first kappa shape index (κ1) is 23.0. The number of rotatable bonds is 8. The summed E-state index contributed by atoms with van der Waals surface area (Å²) < 4.78 is 28.6. The lowest BCUT2D eigenvalue weighted by atomic mass is 10.1. The van der Waals surface area contributed by atoms with E-state index >= 15 is 0 Å². The molecular formula is C24H25BrN2O3S. The zero-order valence-electron chi connectivity index (χ0n) is 17.5. The maximum atomic E-state index is 13.3. The molecule has 3 aromatic carbocycles. The Hall–Kier alpha value is -2.64. The molecule has 0 spiro atoms. The highest BCUT2D eigenvalue weighted by molar-refractivity contribution is 9.10. The summed E-state index contributed by atoms with van der Waals surface area (Å²) in [6.45, 7) is 3.65. The lowest BCUT2D eigenvalue weighted by Gasteiger charge is -2.25. The van der Waals surface area contributed by atoms with E-state index in [1.807, 2.05) is 31.2 Å². The summed E-state index contributed by atoms with van der Waals surface area (Å²) >= 11 is 3.36. The number of hydrogen-bond acceptors (Lipinski definition) is 3. The molecule has 3 aromatic rings. The summed E-state index contributed by atoms with van der Waals surface area (Å²) in [4.78, 5) is 13.0. The Bertz CT molecular complexity index is 1120. The Balaban J connectivity index is 1.84. The van der Waals surface area contributed by atoms with E-state index in [-0.39, 0.29) is 23.4 Å². The molecule has 0 aliphatic carbocycles. The number of halogens is 1. The van der Waals surface area contributed by atoms with Crippen LogP contribution in [0.25, 0.3) is 0 Å². The monoisotopic (exact) mass is 500 g/mol. The summed E-state index contributed by atoms with van der Waals surface area (Å²) in [6.07, 6.45) is 0.945. The molecule has 162 valence electrons. The van der Waals surface area contributed by atoms with E-state index in [0.29, 0.717) is 5.69 Å². The second-order valence-electron chi connectivity index (χ2n) is 7.19. The molecule has 0 heterocycles. The van der Waals surface area contributed by atoms with Crippen molar-refractivity contribution in [3.63, 3.8) is 0 Å². The molecule has 5 nitrogen and oxygen atoms in total. The van der Waals surface area contributed by atoms with E-state index in [9.17, 15) is 13.2 Å². The number of nitrogens with one attached hydrogen (secondary N) is 1. The van der Waals surface area contributed by atoms with E-state index in [1.165, 1.54) is 17.7 Å². The molecule has 0 fully saturated rings. The Morgan fingerprint density at radius 2 is 1.58 bits per heavy atom. The van der Waals surface area contributed by atoms with Crippen LogP contribution < -0.4 is 9.62 Å². The Kier molecular flexibility index (Phi) is 7.51. The van der Waals surface area contributed by atoms with Crippen molar-refractivity contribution >= 4 is 37.5 Å². The standard InChI is InChI=1S/C24H25BrN2O3S/c1-3-19-9-11-20(12-10-19)18(2)26-24(28)17-27(22-15-13-21(25)14-16-22)31(29,30)23-7-5-4-6-8-23/h4-16,18H,3,17H2,1-2H3,(H,26,28)/t18-/m0/s1. The molecular weight excluding hydrogens is 476 g/mol. The molecule has 0 bridgehead atoms. The topological polar surface area (TPSA) is 66.5 Å². The molecule has 0 aliphatic rings. The van der Waals surface area contributed by atoms with Crippen LogP contribution in [0.3, 0.4) is 0 Å². The van der Waals surface area contributed by atoms with Crippen LogP contribution in [-0.2, 0) is 21.2 Å². The summed E-state index contributed by atoms with van der Waals surface area (Å²) in [7, 11) is -3.91. The first-order valence-electron chi connectivity index (χ1n) is 10.0. The summed E-state index contributed by atoms with van der Waals surface area (Å²) in [5, 5.41) is 2.91. The minimum Gasteiger partial charge on any atom is -0.348 e. The molecule has 7 heteroatoms. The fraction of sp³-hybridized carbons (Fsp3) is 0.208. The van der Waals surface area contributed by atoms with Gasteiger partial charge in [-0.05, 0) is 60.9 Å². The molecule has 0 saturated heterocycles. The van der Waals surface area contributed by atoms with Gasteiger partial charge in [0.1, 0.15) is 6.54 Å². The van der Waals surface area contributed by atoms with Crippen LogP contribution in [0.15, 0.2) is 88.2 Å². The van der Waals surface area contributed by atoms with Gasteiger partial charge in [-0.1, -0.05) is 65.3 Å². The summed E-state index contributed by atoms with van der Waals surface area (Å²) in [5.41, 5.74) is 2.60. The molecule has 3 rings (SSSR count). The Morgan fingerprint density at radius 3 is 2.16 bits per heavy atom. The maximum absolute atomic E-state index is 13.3. The van der Waals surface area contributed by atoms with Crippen molar-refractivity contribution in [1.82, 2.24) is 5.32 Å². The second kappa shape index (κ2) is 10.1. The smallest absolute Gasteiger partial charge is 0.264 e. The molecule has 0 aliphatic heterocycles. The molecule has 0 radical (unpaired) electrons. The lowest BCUT2D eigenvalue weighted by Crippen LogP contribution is -2.41. The van der Waals surface area contributed by atoms with Crippen molar-refractivity contribution in [1.29, 1.82) is 0 Å². The highest BCUT2D eigenvalue weighted by Crippen LogP contribution is 2.25. The molecule has 1 N–H and O–H groups in total. The average molecular weight is 501 g/mol. The van der Waals surface area contributed by atoms with Gasteiger partial charge in [0.15, 0.2) is 0 Å². The van der Waals surface area contributed by atoms with Crippen LogP contribution in [0.2, 0.25) is 0 Å². The van der Waals surface area contributed by atoms with Gasteiger partial charge in [0.25, 0.3) is 10.0 Å². The lowest BCUT2D eigenvalue weighted by molar-refractivity contribution is -0.120. The summed E-state index contributed by atoms with van der Waals surface area (Å²) in [6, 6.07) is 22.8. The van der Waals surface area contributed by atoms with Gasteiger partial charge in [-0.2, -0.15) is 0 Å². The number of aryl methyl sites for hydroxylation is 1. The molecule has 0 saturated carbocycles. The van der Waals surface area contributed by atoms with Crippen molar-refractivity contribution in [3.8, 4) is 0 Å². The number of anilines is 1. The minimum atomic E-state index is -3.91. The Morgan fingerprint density at radius 1 is 0.968 bits per heavy atom. The fourth-order valence-electron chi connectivity index (χ4n) is 3.19. The van der Waals surface area contributed by atoms with Crippen LogP contribution in [-0.4, -0.2) is 20.9 Å². The third-order valence-corrected chi connectivity index (χ3v) is 7.32. The molecule has 0 aromatic heterocycles. The third-order valence-electron chi connectivity index (χ3n) is 5.00. The van der Waals surface area contributed by atoms with Gasteiger partial charge < -0.3 is 5.32 Å². The quantitative estimate of drug-likeness (QED) is 0.468. The molecule has 1 amide bonds. The Labute approximate surface area is 192 Å². The van der Waals surface area contributed by atoms with Crippen molar-refractivity contribution in [2.24, 2.45) is 0 Å². The molecule has 0 unspecified atom stereocenters. The van der Waals surface area contributed by atoms with E-state index in [1.54, 1.807) is 42.5 Å². The van der Waals surface area contributed by atoms with Crippen LogP contribution in [0.4, 0.5) is 5.69 Å². The zero-order valence-corrected chi connectivity index (χ0v) is 19.9. The van der Waals surface area contributed by atoms with E-state index < -0.39 is 10.0 Å². The number of nitrogens with zero attached hydrogens (tertiary/aromatic N) is 1. The van der Waals surface area contributed by atoms with Crippen LogP contribution >= 0.6 is 15.9 Å². The van der Waals surface area contributed by atoms with Gasteiger partial charge in [0, 0.05) is 4.47 Å². The minimum absolute atomic E-state index is 0.133. The number of hydrogen-bond donors (Lipinski definition) is 1. The maximum Gasteiger partial charge on any atom is 0.264 e. The van der Waals surface area contributed by atoms with Crippen molar-refractivity contribution < 1.29 is 13.2 Å². The predicted octanol–water partition coefficient (Wildman–Crippen LogP) is 5.08. The van der Waals surface area contributed by atoms with Gasteiger partial charge in [-0.3, -0.25) is 9.10 Å². The van der Waals surface area contributed by atoms with E-state index in [2.05, 4.69) is 28.2 Å². The van der Waals surface area contributed by atoms with Gasteiger partial charge in [0.05, 0.1) is 16.6 Å². The van der Waals surface area contributed by atoms with Gasteiger partial charge in [-0.15, -0.1) is 0 Å². The van der Waals surface area contributed by atoms with Crippen molar-refractivity contribution in [3.05, 3.63) is 94.5 Å².